The van der Waals surface area contributed by atoms with Crippen molar-refractivity contribution in [1.29, 1.82) is 0 Å². The molecule has 1 aliphatic rings. The predicted molar refractivity (Wildman–Crippen MR) is 87.3 cm³/mol. The first-order valence-electron chi connectivity index (χ1n) is 7.94. The van der Waals surface area contributed by atoms with Crippen molar-refractivity contribution in [2.75, 3.05) is 26.7 Å². The maximum atomic E-state index is 12.9. The topological polar surface area (TPSA) is 47.4 Å². The largest absolute Gasteiger partial charge is 0.375 e. The molecule has 1 aromatic heterocycles. The number of benzene rings is 1. The van der Waals surface area contributed by atoms with Crippen molar-refractivity contribution in [3.05, 3.63) is 40.4 Å². The minimum atomic E-state index is 0.0274. The molecule has 3 rings (SSSR count). The quantitative estimate of drug-likeness (QED) is 0.865. The molecule has 0 N–H and O–H groups in total. The van der Waals surface area contributed by atoms with Crippen LogP contribution in [-0.4, -0.2) is 47.3 Å². The average molecular weight is 301 g/mol. The SMILES string of the molecule is CCO[C@H]1CN(C)C[C@@H]1n1cnc2ccc(CC)cc2c1=O. The van der Waals surface area contributed by atoms with Crippen LogP contribution in [0.2, 0.25) is 0 Å². The zero-order valence-corrected chi connectivity index (χ0v) is 13.5. The van der Waals surface area contributed by atoms with Gasteiger partial charge in [-0.05, 0) is 38.1 Å². The van der Waals surface area contributed by atoms with Gasteiger partial charge in [-0.1, -0.05) is 13.0 Å². The molecule has 1 saturated heterocycles. The van der Waals surface area contributed by atoms with Crippen molar-refractivity contribution in [2.45, 2.75) is 32.4 Å². The minimum Gasteiger partial charge on any atom is -0.375 e. The molecule has 5 nitrogen and oxygen atoms in total. The smallest absolute Gasteiger partial charge is 0.261 e. The Morgan fingerprint density at radius 2 is 2.14 bits per heavy atom. The molecule has 1 aromatic carbocycles. The molecular formula is C17H23N3O2. The molecule has 0 amide bonds. The molecule has 0 unspecified atom stereocenters. The van der Waals surface area contributed by atoms with E-state index >= 15 is 0 Å². The summed E-state index contributed by atoms with van der Waals surface area (Å²) in [6.45, 7) is 6.39. The lowest BCUT2D eigenvalue weighted by atomic mass is 10.1. The molecule has 0 saturated carbocycles. The van der Waals surface area contributed by atoms with E-state index in [2.05, 4.69) is 23.9 Å². The van der Waals surface area contributed by atoms with Crippen LogP contribution < -0.4 is 5.56 Å². The molecule has 2 aromatic rings. The van der Waals surface area contributed by atoms with E-state index in [0.29, 0.717) is 12.0 Å². The molecule has 0 spiro atoms. The first-order valence-corrected chi connectivity index (χ1v) is 7.94. The fourth-order valence-electron chi connectivity index (χ4n) is 3.22. The summed E-state index contributed by atoms with van der Waals surface area (Å²) < 4.78 is 7.58. The normalized spacial score (nSPS) is 22.5. The van der Waals surface area contributed by atoms with E-state index in [1.807, 2.05) is 25.1 Å². The fourth-order valence-corrected chi connectivity index (χ4v) is 3.22. The van der Waals surface area contributed by atoms with Gasteiger partial charge in [0.25, 0.3) is 5.56 Å². The molecular weight excluding hydrogens is 278 g/mol. The van der Waals surface area contributed by atoms with E-state index in [-0.39, 0.29) is 17.7 Å². The molecule has 0 aliphatic carbocycles. The summed E-state index contributed by atoms with van der Waals surface area (Å²) in [5, 5.41) is 0.701. The van der Waals surface area contributed by atoms with E-state index < -0.39 is 0 Å². The lowest BCUT2D eigenvalue weighted by molar-refractivity contribution is 0.0459. The Labute approximate surface area is 130 Å². The van der Waals surface area contributed by atoms with Gasteiger partial charge in [0.2, 0.25) is 0 Å². The number of likely N-dealkylation sites (tertiary alicyclic amines) is 1. The second-order valence-corrected chi connectivity index (χ2v) is 5.94. The van der Waals surface area contributed by atoms with Crippen LogP contribution in [0.3, 0.4) is 0 Å². The number of hydrogen-bond acceptors (Lipinski definition) is 4. The molecule has 0 bridgehead atoms. The Morgan fingerprint density at radius 1 is 1.32 bits per heavy atom. The molecule has 1 aliphatic heterocycles. The summed E-state index contributed by atoms with van der Waals surface area (Å²) in [5.41, 5.74) is 1.96. The van der Waals surface area contributed by atoms with Gasteiger partial charge in [-0.3, -0.25) is 9.36 Å². The molecule has 22 heavy (non-hydrogen) atoms. The molecule has 118 valence electrons. The molecule has 5 heteroatoms. The van der Waals surface area contributed by atoms with Crippen molar-refractivity contribution in [2.24, 2.45) is 0 Å². The number of hydrogen-bond donors (Lipinski definition) is 0. The number of fused-ring (bicyclic) bond motifs is 1. The lowest BCUT2D eigenvalue weighted by Gasteiger charge is -2.20. The Morgan fingerprint density at radius 3 is 2.86 bits per heavy atom. The summed E-state index contributed by atoms with van der Waals surface area (Å²) in [6.07, 6.45) is 2.63. The van der Waals surface area contributed by atoms with Crippen LogP contribution in [0.25, 0.3) is 10.9 Å². The third-order valence-corrected chi connectivity index (χ3v) is 4.41. The second-order valence-electron chi connectivity index (χ2n) is 5.94. The Hall–Kier alpha value is -1.72. The molecule has 2 heterocycles. The highest BCUT2D eigenvalue weighted by Crippen LogP contribution is 2.23. The standard InChI is InChI=1S/C17H23N3O2/c1-4-12-6-7-14-13(8-12)17(21)20(11-18-14)15-9-19(3)10-16(15)22-5-2/h6-8,11,15-16H,4-5,9-10H2,1-3H3/t15-,16-/m0/s1. The number of likely N-dealkylation sites (N-methyl/N-ethyl adjacent to an activating group) is 1. The third kappa shape index (κ3) is 2.66. The van der Waals surface area contributed by atoms with Crippen molar-refractivity contribution in [3.8, 4) is 0 Å². The first kappa shape index (κ1) is 15.2. The van der Waals surface area contributed by atoms with Gasteiger partial charge in [0.05, 0.1) is 29.4 Å². The van der Waals surface area contributed by atoms with E-state index in [0.717, 1.165) is 30.6 Å². The maximum absolute atomic E-state index is 12.9. The summed E-state index contributed by atoms with van der Waals surface area (Å²) in [5.74, 6) is 0. The summed E-state index contributed by atoms with van der Waals surface area (Å²) in [4.78, 5) is 19.6. The van der Waals surface area contributed by atoms with Gasteiger partial charge in [0, 0.05) is 19.7 Å². The maximum Gasteiger partial charge on any atom is 0.261 e. The minimum absolute atomic E-state index is 0.0274. The van der Waals surface area contributed by atoms with Gasteiger partial charge in [-0.2, -0.15) is 0 Å². The van der Waals surface area contributed by atoms with Gasteiger partial charge in [-0.25, -0.2) is 4.98 Å². The van der Waals surface area contributed by atoms with Crippen molar-refractivity contribution < 1.29 is 4.74 Å². The summed E-state index contributed by atoms with van der Waals surface area (Å²) in [7, 11) is 2.06. The number of ether oxygens (including phenoxy) is 1. The number of aromatic nitrogens is 2. The van der Waals surface area contributed by atoms with Gasteiger partial charge >= 0.3 is 0 Å². The van der Waals surface area contributed by atoms with Crippen LogP contribution in [0.15, 0.2) is 29.3 Å². The fraction of sp³-hybridized carbons (Fsp3) is 0.529. The summed E-state index contributed by atoms with van der Waals surface area (Å²) in [6, 6.07) is 5.96. The first-order chi connectivity index (χ1) is 10.6. The van der Waals surface area contributed by atoms with Crippen LogP contribution in [-0.2, 0) is 11.2 Å². The van der Waals surface area contributed by atoms with Crippen LogP contribution >= 0.6 is 0 Å². The average Bonchev–Trinajstić information content (AvgIpc) is 2.88. The second kappa shape index (κ2) is 6.18. The van der Waals surface area contributed by atoms with Gasteiger partial charge in [0.1, 0.15) is 0 Å². The van der Waals surface area contributed by atoms with Gasteiger partial charge in [-0.15, -0.1) is 0 Å². The highest BCUT2D eigenvalue weighted by molar-refractivity contribution is 5.78. The van der Waals surface area contributed by atoms with Crippen LogP contribution in [0.5, 0.6) is 0 Å². The highest BCUT2D eigenvalue weighted by atomic mass is 16.5. The Kier molecular flexibility index (Phi) is 4.27. The van der Waals surface area contributed by atoms with E-state index in [9.17, 15) is 4.79 Å². The monoisotopic (exact) mass is 301 g/mol. The van der Waals surface area contributed by atoms with E-state index in [1.165, 1.54) is 0 Å². The van der Waals surface area contributed by atoms with Crippen molar-refractivity contribution in [1.82, 2.24) is 14.5 Å². The molecule has 2 atom stereocenters. The highest BCUT2D eigenvalue weighted by Gasteiger charge is 2.33. The van der Waals surface area contributed by atoms with E-state index in [1.54, 1.807) is 10.9 Å². The third-order valence-electron chi connectivity index (χ3n) is 4.41. The zero-order valence-electron chi connectivity index (χ0n) is 13.5. The number of aryl methyl sites for hydroxylation is 1. The van der Waals surface area contributed by atoms with Crippen molar-refractivity contribution >= 4 is 10.9 Å². The van der Waals surface area contributed by atoms with Crippen LogP contribution in [0.1, 0.15) is 25.5 Å². The van der Waals surface area contributed by atoms with E-state index in [4.69, 9.17) is 4.74 Å². The molecule has 0 radical (unpaired) electrons. The van der Waals surface area contributed by atoms with Crippen LogP contribution in [0, 0.1) is 0 Å². The summed E-state index contributed by atoms with van der Waals surface area (Å²) >= 11 is 0. The Balaban J connectivity index is 2.07. The lowest BCUT2D eigenvalue weighted by Crippen LogP contribution is -2.33. The predicted octanol–water partition coefficient (Wildman–Crippen LogP) is 1.85. The number of nitrogens with zero attached hydrogens (tertiary/aromatic N) is 3. The van der Waals surface area contributed by atoms with Crippen LogP contribution in [0.4, 0.5) is 0 Å². The Bertz CT molecular complexity index is 725. The number of rotatable bonds is 4. The van der Waals surface area contributed by atoms with Gasteiger partial charge in [0.15, 0.2) is 0 Å². The molecule has 1 fully saturated rings. The van der Waals surface area contributed by atoms with Crippen molar-refractivity contribution in [3.63, 3.8) is 0 Å². The zero-order chi connectivity index (χ0) is 15.7. The van der Waals surface area contributed by atoms with Gasteiger partial charge < -0.3 is 9.64 Å².